The Labute approximate surface area is 152 Å². The number of aromatic nitrogens is 2. The van der Waals surface area contributed by atoms with E-state index in [2.05, 4.69) is 21.7 Å². The Morgan fingerprint density at radius 3 is 2.60 bits per heavy atom. The first-order valence-electron chi connectivity index (χ1n) is 8.00. The molecule has 0 spiro atoms. The monoisotopic (exact) mass is 347 g/mol. The third-order valence-electron chi connectivity index (χ3n) is 4.18. The molecule has 0 unspecified atom stereocenters. The Hall–Kier alpha value is -2.83. The summed E-state index contributed by atoms with van der Waals surface area (Å²) < 4.78 is 2.10. The van der Waals surface area contributed by atoms with Crippen molar-refractivity contribution in [2.24, 2.45) is 0 Å². The molecule has 0 amide bonds. The minimum absolute atomic E-state index is 0.544. The van der Waals surface area contributed by atoms with Gasteiger partial charge in [-0.25, -0.2) is 4.98 Å². The van der Waals surface area contributed by atoms with E-state index in [0.717, 1.165) is 33.9 Å². The van der Waals surface area contributed by atoms with Crippen LogP contribution in [0.25, 0.3) is 17.5 Å². The number of allylic oxidation sites excluding steroid dienone is 1. The van der Waals surface area contributed by atoms with Gasteiger partial charge in [0.25, 0.3) is 0 Å². The first kappa shape index (κ1) is 17.0. The smallest absolute Gasteiger partial charge is 0.137 e. The summed E-state index contributed by atoms with van der Waals surface area (Å²) in [5.74, 6) is 0.880. The summed E-state index contributed by atoms with van der Waals surface area (Å²) in [6.45, 7) is 6.12. The second-order valence-corrected chi connectivity index (χ2v) is 6.41. The van der Waals surface area contributed by atoms with Crippen molar-refractivity contribution >= 4 is 23.3 Å². The predicted molar refractivity (Wildman–Crippen MR) is 103 cm³/mol. The van der Waals surface area contributed by atoms with Crippen LogP contribution in [0.15, 0.2) is 48.7 Å². The van der Waals surface area contributed by atoms with E-state index in [9.17, 15) is 5.26 Å². The molecule has 3 rings (SSSR count). The predicted octanol–water partition coefficient (Wildman–Crippen LogP) is 5.52. The number of hydrogen-bond donors (Lipinski definition) is 0. The molecular formula is C21H18ClN3. The summed E-state index contributed by atoms with van der Waals surface area (Å²) in [4.78, 5) is 4.47. The number of aryl methyl sites for hydroxylation is 2. The molecule has 0 aliphatic rings. The number of rotatable bonds is 3. The van der Waals surface area contributed by atoms with Crippen LogP contribution >= 0.6 is 11.6 Å². The lowest BCUT2D eigenvalue weighted by molar-refractivity contribution is 0.918. The fourth-order valence-corrected chi connectivity index (χ4v) is 3.17. The van der Waals surface area contributed by atoms with E-state index >= 15 is 0 Å². The molecule has 0 N–H and O–H groups in total. The van der Waals surface area contributed by atoms with Gasteiger partial charge in [-0.3, -0.25) is 0 Å². The van der Waals surface area contributed by atoms with E-state index in [1.165, 1.54) is 0 Å². The third kappa shape index (κ3) is 3.35. The maximum atomic E-state index is 9.59. The van der Waals surface area contributed by atoms with Gasteiger partial charge < -0.3 is 4.57 Å². The van der Waals surface area contributed by atoms with Crippen molar-refractivity contribution in [2.45, 2.75) is 20.8 Å². The van der Waals surface area contributed by atoms with Gasteiger partial charge in [0.2, 0.25) is 0 Å². The van der Waals surface area contributed by atoms with Crippen LogP contribution in [0.4, 0.5) is 0 Å². The molecular weight excluding hydrogens is 330 g/mol. The molecule has 2 heterocycles. The Morgan fingerprint density at radius 1 is 1.16 bits per heavy atom. The quantitative estimate of drug-likeness (QED) is 0.586. The third-order valence-corrected chi connectivity index (χ3v) is 4.51. The van der Waals surface area contributed by atoms with Gasteiger partial charge in [-0.05, 0) is 62.2 Å². The van der Waals surface area contributed by atoms with Crippen LogP contribution < -0.4 is 0 Å². The lowest BCUT2D eigenvalue weighted by Gasteiger charge is -2.09. The maximum Gasteiger partial charge on any atom is 0.137 e. The summed E-state index contributed by atoms with van der Waals surface area (Å²) in [6, 6.07) is 15.7. The fourth-order valence-electron chi connectivity index (χ4n) is 2.93. The SMILES string of the molecule is Cc1ccnc(-n2c(C)cc(C=C(C#N)c3ccccc3Cl)c2C)c1. The lowest BCUT2D eigenvalue weighted by atomic mass is 10.0. The standard InChI is InChI=1S/C21H18ClN3/c1-14-8-9-24-21(10-14)25-15(2)11-17(16(25)3)12-18(13-23)19-6-4-5-7-20(19)22/h4-12H,1-3H3. The van der Waals surface area contributed by atoms with Crippen LogP contribution in [0.1, 0.15) is 28.1 Å². The molecule has 2 aromatic heterocycles. The molecule has 1 aromatic carbocycles. The summed E-state index contributed by atoms with van der Waals surface area (Å²) >= 11 is 6.25. The molecule has 0 saturated heterocycles. The number of nitriles is 1. The van der Waals surface area contributed by atoms with Crippen molar-refractivity contribution < 1.29 is 0 Å². The molecule has 0 bridgehead atoms. The van der Waals surface area contributed by atoms with Crippen molar-refractivity contribution in [3.63, 3.8) is 0 Å². The number of benzene rings is 1. The van der Waals surface area contributed by atoms with Crippen LogP contribution in [-0.4, -0.2) is 9.55 Å². The van der Waals surface area contributed by atoms with Crippen molar-refractivity contribution in [1.29, 1.82) is 5.26 Å². The summed E-state index contributed by atoms with van der Waals surface area (Å²) in [5.41, 5.74) is 5.53. The topological polar surface area (TPSA) is 41.6 Å². The summed E-state index contributed by atoms with van der Waals surface area (Å²) in [7, 11) is 0. The lowest BCUT2D eigenvalue weighted by Crippen LogP contribution is -2.01. The molecule has 0 radical (unpaired) electrons. The highest BCUT2D eigenvalue weighted by Crippen LogP contribution is 2.28. The van der Waals surface area contributed by atoms with E-state index in [1.807, 2.05) is 63.4 Å². The molecule has 0 atom stereocenters. The summed E-state index contributed by atoms with van der Waals surface area (Å²) in [6.07, 6.45) is 3.69. The zero-order valence-corrected chi connectivity index (χ0v) is 15.2. The molecule has 4 heteroatoms. The van der Waals surface area contributed by atoms with Crippen LogP contribution in [-0.2, 0) is 0 Å². The highest BCUT2D eigenvalue weighted by molar-refractivity contribution is 6.32. The highest BCUT2D eigenvalue weighted by Gasteiger charge is 2.12. The van der Waals surface area contributed by atoms with Gasteiger partial charge in [-0.1, -0.05) is 29.8 Å². The maximum absolute atomic E-state index is 9.59. The van der Waals surface area contributed by atoms with E-state index in [-0.39, 0.29) is 0 Å². The Balaban J connectivity index is 2.12. The minimum Gasteiger partial charge on any atom is -0.303 e. The molecule has 3 aromatic rings. The zero-order valence-electron chi connectivity index (χ0n) is 14.4. The zero-order chi connectivity index (χ0) is 18.0. The largest absolute Gasteiger partial charge is 0.303 e. The van der Waals surface area contributed by atoms with Crippen LogP contribution in [0.5, 0.6) is 0 Å². The van der Waals surface area contributed by atoms with Crippen molar-refractivity contribution in [2.75, 3.05) is 0 Å². The van der Waals surface area contributed by atoms with Gasteiger partial charge >= 0.3 is 0 Å². The first-order valence-corrected chi connectivity index (χ1v) is 8.37. The summed E-state index contributed by atoms with van der Waals surface area (Å²) in [5, 5.41) is 10.2. The molecule has 3 nitrogen and oxygen atoms in total. The van der Waals surface area contributed by atoms with Crippen LogP contribution in [0, 0.1) is 32.1 Å². The van der Waals surface area contributed by atoms with E-state index in [4.69, 9.17) is 11.6 Å². The molecule has 0 aliphatic carbocycles. The van der Waals surface area contributed by atoms with E-state index in [1.54, 1.807) is 6.07 Å². The molecule has 0 fully saturated rings. The number of pyridine rings is 1. The van der Waals surface area contributed by atoms with Crippen LogP contribution in [0.2, 0.25) is 5.02 Å². The van der Waals surface area contributed by atoms with E-state index < -0.39 is 0 Å². The van der Waals surface area contributed by atoms with Gasteiger partial charge in [-0.15, -0.1) is 0 Å². The van der Waals surface area contributed by atoms with Crippen molar-refractivity contribution in [3.05, 3.63) is 81.8 Å². The number of hydrogen-bond acceptors (Lipinski definition) is 2. The minimum atomic E-state index is 0.544. The van der Waals surface area contributed by atoms with E-state index in [0.29, 0.717) is 10.6 Å². The molecule has 25 heavy (non-hydrogen) atoms. The van der Waals surface area contributed by atoms with Gasteiger partial charge in [-0.2, -0.15) is 5.26 Å². The first-order chi connectivity index (χ1) is 12.0. The average molecular weight is 348 g/mol. The van der Waals surface area contributed by atoms with Gasteiger partial charge in [0.15, 0.2) is 0 Å². The second kappa shape index (κ2) is 6.96. The van der Waals surface area contributed by atoms with Crippen molar-refractivity contribution in [1.82, 2.24) is 9.55 Å². The fraction of sp³-hybridized carbons (Fsp3) is 0.143. The van der Waals surface area contributed by atoms with Crippen molar-refractivity contribution in [3.8, 4) is 11.9 Å². The Morgan fingerprint density at radius 2 is 1.92 bits per heavy atom. The average Bonchev–Trinajstić information content (AvgIpc) is 2.87. The highest BCUT2D eigenvalue weighted by atomic mass is 35.5. The van der Waals surface area contributed by atoms with Gasteiger partial charge in [0.05, 0.1) is 11.6 Å². The normalized spacial score (nSPS) is 11.4. The molecule has 0 saturated carbocycles. The Bertz CT molecular complexity index is 1010. The second-order valence-electron chi connectivity index (χ2n) is 6.00. The van der Waals surface area contributed by atoms with Gasteiger partial charge in [0, 0.05) is 28.2 Å². The Kier molecular flexibility index (Phi) is 4.74. The molecule has 0 aliphatic heterocycles. The molecule has 124 valence electrons. The van der Waals surface area contributed by atoms with Gasteiger partial charge in [0.1, 0.15) is 5.82 Å². The number of halogens is 1. The number of nitrogens with zero attached hydrogens (tertiary/aromatic N) is 3. The van der Waals surface area contributed by atoms with Crippen LogP contribution in [0.3, 0.4) is 0 Å².